The number of amides is 2. The summed E-state index contributed by atoms with van der Waals surface area (Å²) in [5.74, 6) is 0. The molecular weight excluding hydrogens is 314 g/mol. The second-order valence-corrected chi connectivity index (χ2v) is 5.58. The summed E-state index contributed by atoms with van der Waals surface area (Å²) in [4.78, 5) is 12.7. The Kier molecular flexibility index (Phi) is 4.22. The minimum absolute atomic E-state index is 0.245. The van der Waals surface area contributed by atoms with Gasteiger partial charge in [-0.2, -0.15) is 0 Å². The summed E-state index contributed by atoms with van der Waals surface area (Å²) in [5.41, 5.74) is 6.93. The lowest BCUT2D eigenvalue weighted by Gasteiger charge is -2.07. The molecule has 1 aromatic heterocycles. The van der Waals surface area contributed by atoms with Gasteiger partial charge in [-0.15, -0.1) is 11.3 Å². The molecule has 0 atom stereocenters. The van der Waals surface area contributed by atoms with E-state index < -0.39 is 0 Å². The van der Waals surface area contributed by atoms with Crippen LogP contribution in [-0.2, 0) is 6.54 Å². The Morgan fingerprint density at radius 2 is 2.22 bits per heavy atom. The zero-order chi connectivity index (χ0) is 13.0. The van der Waals surface area contributed by atoms with Gasteiger partial charge in [-0.05, 0) is 40.2 Å². The van der Waals surface area contributed by atoms with E-state index in [9.17, 15) is 4.79 Å². The molecular formula is C12H12BrN3OS. The van der Waals surface area contributed by atoms with Crippen LogP contribution in [0.2, 0.25) is 0 Å². The number of nitrogens with one attached hydrogen (secondary N) is 2. The molecule has 94 valence electrons. The smallest absolute Gasteiger partial charge is 0.319 e. The molecule has 6 heteroatoms. The normalized spacial score (nSPS) is 10.1. The molecule has 0 aliphatic heterocycles. The zero-order valence-electron chi connectivity index (χ0n) is 9.44. The zero-order valence-corrected chi connectivity index (χ0v) is 11.8. The van der Waals surface area contributed by atoms with Crippen LogP contribution in [0.1, 0.15) is 4.88 Å². The average Bonchev–Trinajstić information content (AvgIpc) is 2.73. The number of hydrogen-bond donors (Lipinski definition) is 3. The first-order valence-electron chi connectivity index (χ1n) is 5.27. The number of halogens is 1. The van der Waals surface area contributed by atoms with E-state index in [0.717, 1.165) is 9.35 Å². The number of urea groups is 1. The van der Waals surface area contributed by atoms with Crippen molar-refractivity contribution in [1.82, 2.24) is 5.32 Å². The first kappa shape index (κ1) is 12.9. The molecule has 0 aliphatic carbocycles. The molecule has 0 spiro atoms. The van der Waals surface area contributed by atoms with Gasteiger partial charge < -0.3 is 16.4 Å². The van der Waals surface area contributed by atoms with Crippen LogP contribution in [-0.4, -0.2) is 6.03 Å². The minimum Gasteiger partial charge on any atom is -0.399 e. The predicted molar refractivity (Wildman–Crippen MR) is 78.7 cm³/mol. The van der Waals surface area contributed by atoms with Crippen LogP contribution in [0.15, 0.2) is 40.2 Å². The Labute approximate surface area is 117 Å². The van der Waals surface area contributed by atoms with E-state index in [1.807, 2.05) is 11.4 Å². The second-order valence-electron chi connectivity index (χ2n) is 3.66. The molecule has 0 fully saturated rings. The monoisotopic (exact) mass is 325 g/mol. The van der Waals surface area contributed by atoms with Crippen molar-refractivity contribution in [2.45, 2.75) is 6.54 Å². The van der Waals surface area contributed by atoms with Gasteiger partial charge in [0.15, 0.2) is 0 Å². The Balaban J connectivity index is 1.85. The number of nitrogen functional groups attached to an aromatic ring is 1. The molecule has 1 heterocycles. The fraction of sp³-hybridized carbons (Fsp3) is 0.0833. The highest BCUT2D eigenvalue weighted by atomic mass is 79.9. The third-order valence-electron chi connectivity index (χ3n) is 2.19. The molecule has 18 heavy (non-hydrogen) atoms. The molecule has 0 aliphatic rings. The second kappa shape index (κ2) is 5.88. The van der Waals surface area contributed by atoms with Gasteiger partial charge in [-0.1, -0.05) is 6.07 Å². The van der Waals surface area contributed by atoms with Gasteiger partial charge in [-0.25, -0.2) is 4.79 Å². The first-order chi connectivity index (χ1) is 8.63. The van der Waals surface area contributed by atoms with Crippen LogP contribution in [0.25, 0.3) is 0 Å². The molecule has 4 N–H and O–H groups in total. The Hall–Kier alpha value is -1.53. The van der Waals surface area contributed by atoms with Gasteiger partial charge in [0.1, 0.15) is 0 Å². The van der Waals surface area contributed by atoms with Crippen molar-refractivity contribution in [2.75, 3.05) is 11.1 Å². The maximum Gasteiger partial charge on any atom is 0.319 e. The van der Waals surface area contributed by atoms with E-state index in [1.165, 1.54) is 0 Å². The third-order valence-corrected chi connectivity index (χ3v) is 3.89. The summed E-state index contributed by atoms with van der Waals surface area (Å²) in [7, 11) is 0. The van der Waals surface area contributed by atoms with Crippen LogP contribution >= 0.6 is 27.3 Å². The summed E-state index contributed by atoms with van der Waals surface area (Å²) < 4.78 is 1.03. The number of benzene rings is 1. The van der Waals surface area contributed by atoms with Crippen LogP contribution in [0.3, 0.4) is 0 Å². The minimum atomic E-state index is -0.245. The number of hydrogen-bond acceptors (Lipinski definition) is 3. The van der Waals surface area contributed by atoms with Crippen molar-refractivity contribution in [1.29, 1.82) is 0 Å². The van der Waals surface area contributed by atoms with Crippen LogP contribution < -0.4 is 16.4 Å². The average molecular weight is 326 g/mol. The number of anilines is 2. The first-order valence-corrected chi connectivity index (χ1v) is 6.94. The lowest BCUT2D eigenvalue weighted by molar-refractivity contribution is 0.252. The fourth-order valence-corrected chi connectivity index (χ4v) is 2.80. The molecule has 2 amide bonds. The lowest BCUT2D eigenvalue weighted by atomic mass is 10.3. The topological polar surface area (TPSA) is 67.1 Å². The van der Waals surface area contributed by atoms with Crippen molar-refractivity contribution in [3.63, 3.8) is 0 Å². The Morgan fingerprint density at radius 1 is 1.39 bits per heavy atom. The van der Waals surface area contributed by atoms with Gasteiger partial charge in [0.25, 0.3) is 0 Å². The molecule has 2 rings (SSSR count). The van der Waals surface area contributed by atoms with Gasteiger partial charge in [0.2, 0.25) is 0 Å². The number of carbonyl (C=O) groups excluding carboxylic acids is 1. The summed E-state index contributed by atoms with van der Waals surface area (Å²) in [6.45, 7) is 0.504. The van der Waals surface area contributed by atoms with E-state index in [0.29, 0.717) is 17.9 Å². The maximum atomic E-state index is 11.6. The van der Waals surface area contributed by atoms with Gasteiger partial charge in [0, 0.05) is 26.1 Å². The number of carbonyl (C=O) groups is 1. The molecule has 0 radical (unpaired) electrons. The molecule has 0 bridgehead atoms. The summed E-state index contributed by atoms with van der Waals surface area (Å²) in [6, 6.07) is 8.79. The quantitative estimate of drug-likeness (QED) is 0.757. The number of thiophene rings is 1. The van der Waals surface area contributed by atoms with Crippen molar-refractivity contribution < 1.29 is 4.79 Å². The van der Waals surface area contributed by atoms with Crippen molar-refractivity contribution >= 4 is 44.7 Å². The summed E-state index contributed by atoms with van der Waals surface area (Å²) in [6.07, 6.45) is 0. The molecule has 0 saturated heterocycles. The van der Waals surface area contributed by atoms with E-state index in [2.05, 4.69) is 26.6 Å². The van der Waals surface area contributed by atoms with E-state index >= 15 is 0 Å². The molecule has 2 aromatic rings. The SMILES string of the molecule is Nc1cccc(NC(=O)NCc2cc(Br)cs2)c1. The predicted octanol–water partition coefficient (Wildman–Crippen LogP) is 3.41. The summed E-state index contributed by atoms with van der Waals surface area (Å²) in [5, 5.41) is 7.48. The van der Waals surface area contributed by atoms with E-state index in [-0.39, 0.29) is 6.03 Å². The van der Waals surface area contributed by atoms with Gasteiger partial charge >= 0.3 is 6.03 Å². The third kappa shape index (κ3) is 3.75. The summed E-state index contributed by atoms with van der Waals surface area (Å²) >= 11 is 4.96. The van der Waals surface area contributed by atoms with Crippen LogP contribution in [0, 0.1) is 0 Å². The number of rotatable bonds is 3. The molecule has 0 unspecified atom stereocenters. The molecule has 4 nitrogen and oxygen atoms in total. The Morgan fingerprint density at radius 3 is 2.89 bits per heavy atom. The van der Waals surface area contributed by atoms with Crippen LogP contribution in [0.4, 0.5) is 16.2 Å². The highest BCUT2D eigenvalue weighted by Crippen LogP contribution is 2.19. The number of nitrogens with two attached hydrogens (primary N) is 1. The highest BCUT2D eigenvalue weighted by molar-refractivity contribution is 9.10. The molecule has 0 saturated carbocycles. The lowest BCUT2D eigenvalue weighted by Crippen LogP contribution is -2.27. The van der Waals surface area contributed by atoms with Crippen molar-refractivity contribution in [3.8, 4) is 0 Å². The molecule has 1 aromatic carbocycles. The standard InChI is InChI=1S/C12H12BrN3OS/c13-8-4-11(18-7-8)6-15-12(17)16-10-3-1-2-9(14)5-10/h1-5,7H,6,14H2,(H2,15,16,17). The van der Waals surface area contributed by atoms with Crippen molar-refractivity contribution in [2.24, 2.45) is 0 Å². The largest absolute Gasteiger partial charge is 0.399 e. The van der Waals surface area contributed by atoms with Gasteiger partial charge in [-0.3, -0.25) is 0 Å². The fourth-order valence-electron chi connectivity index (χ4n) is 1.41. The van der Waals surface area contributed by atoms with Crippen LogP contribution in [0.5, 0.6) is 0 Å². The van der Waals surface area contributed by atoms with Crippen molar-refractivity contribution in [3.05, 3.63) is 45.1 Å². The Bertz CT molecular complexity index is 556. The van der Waals surface area contributed by atoms with Gasteiger partial charge in [0.05, 0.1) is 6.54 Å². The maximum absolute atomic E-state index is 11.6. The van der Waals surface area contributed by atoms with E-state index in [1.54, 1.807) is 35.6 Å². The van der Waals surface area contributed by atoms with E-state index in [4.69, 9.17) is 5.73 Å². The highest BCUT2D eigenvalue weighted by Gasteiger charge is 2.03.